The van der Waals surface area contributed by atoms with Crippen molar-refractivity contribution in [2.75, 3.05) is 18.0 Å². The molecule has 2 N–H and O–H groups in total. The highest BCUT2D eigenvalue weighted by Gasteiger charge is 2.10. The molecule has 0 aliphatic carbocycles. The van der Waals surface area contributed by atoms with Crippen molar-refractivity contribution < 1.29 is 19.8 Å². The maximum Gasteiger partial charge on any atom is 0.305 e. The molecule has 0 saturated heterocycles. The number of anilines is 1. The van der Waals surface area contributed by atoms with Crippen molar-refractivity contribution in [1.29, 1.82) is 0 Å². The van der Waals surface area contributed by atoms with E-state index in [9.17, 15) is 9.59 Å². The van der Waals surface area contributed by atoms with E-state index in [0.29, 0.717) is 24.5 Å². The van der Waals surface area contributed by atoms with Crippen molar-refractivity contribution in [1.82, 2.24) is 0 Å². The van der Waals surface area contributed by atoms with Gasteiger partial charge in [-0.2, -0.15) is 0 Å². The van der Waals surface area contributed by atoms with Gasteiger partial charge in [0.1, 0.15) is 0 Å². The van der Waals surface area contributed by atoms with Crippen molar-refractivity contribution in [2.24, 2.45) is 0 Å². The summed E-state index contributed by atoms with van der Waals surface area (Å²) in [4.78, 5) is 23.0. The van der Waals surface area contributed by atoms with Crippen LogP contribution in [0.3, 0.4) is 0 Å². The lowest BCUT2D eigenvalue weighted by molar-refractivity contribution is -0.138. The summed E-state index contributed by atoms with van der Waals surface area (Å²) < 4.78 is 0. The number of benzene rings is 1. The summed E-state index contributed by atoms with van der Waals surface area (Å²) in [7, 11) is 0. The van der Waals surface area contributed by atoms with E-state index >= 15 is 0 Å². The zero-order valence-electron chi connectivity index (χ0n) is 10.4. The average Bonchev–Trinajstić information content (AvgIpc) is 2.32. The first-order chi connectivity index (χ1) is 8.99. The molecule has 1 aromatic rings. The zero-order chi connectivity index (χ0) is 14.3. The molecule has 6 heteroatoms. The number of nitrogens with zero attached hydrogens (tertiary/aromatic N) is 1. The number of hydrogen-bond acceptors (Lipinski definition) is 3. The minimum absolute atomic E-state index is 0.000412. The molecular weight excluding hydrogens is 270 g/mol. The summed E-state index contributed by atoms with van der Waals surface area (Å²) in [5, 5.41) is 17.9. The number of carboxylic acid groups (broad SMARTS) is 2. The molecule has 0 unspecified atom stereocenters. The Balaban J connectivity index is 2.67. The first-order valence-corrected chi connectivity index (χ1v) is 6.31. The molecule has 0 amide bonds. The van der Waals surface area contributed by atoms with Crippen LogP contribution in [-0.2, 0) is 9.59 Å². The van der Waals surface area contributed by atoms with Gasteiger partial charge >= 0.3 is 11.9 Å². The molecule has 0 bridgehead atoms. The molecule has 1 rings (SSSR count). The Morgan fingerprint density at radius 3 is 2.37 bits per heavy atom. The van der Waals surface area contributed by atoms with E-state index in [1.54, 1.807) is 18.2 Å². The second kappa shape index (κ2) is 7.63. The van der Waals surface area contributed by atoms with Crippen LogP contribution in [0.1, 0.15) is 19.3 Å². The van der Waals surface area contributed by atoms with E-state index in [1.807, 2.05) is 11.0 Å². The minimum atomic E-state index is -0.884. The van der Waals surface area contributed by atoms with Crippen LogP contribution in [-0.4, -0.2) is 35.2 Å². The first-order valence-electron chi connectivity index (χ1n) is 5.93. The molecule has 0 atom stereocenters. The first kappa shape index (κ1) is 15.3. The van der Waals surface area contributed by atoms with E-state index in [2.05, 4.69) is 0 Å². The zero-order valence-corrected chi connectivity index (χ0v) is 11.1. The van der Waals surface area contributed by atoms with Gasteiger partial charge in [-0.15, -0.1) is 0 Å². The van der Waals surface area contributed by atoms with Gasteiger partial charge < -0.3 is 15.1 Å². The predicted molar refractivity (Wildman–Crippen MR) is 72.8 cm³/mol. The highest BCUT2D eigenvalue weighted by molar-refractivity contribution is 6.30. The maximum atomic E-state index is 10.6. The van der Waals surface area contributed by atoms with Crippen LogP contribution < -0.4 is 4.90 Å². The van der Waals surface area contributed by atoms with Crippen LogP contribution in [0.15, 0.2) is 24.3 Å². The third kappa shape index (κ3) is 6.10. The lowest BCUT2D eigenvalue weighted by Gasteiger charge is -2.24. The SMILES string of the molecule is O=C(O)CCCN(CCC(=O)O)c1cccc(Cl)c1. The van der Waals surface area contributed by atoms with Gasteiger partial charge in [-0.1, -0.05) is 17.7 Å². The Morgan fingerprint density at radius 1 is 1.11 bits per heavy atom. The molecule has 0 heterocycles. The van der Waals surface area contributed by atoms with E-state index in [0.717, 1.165) is 5.69 Å². The van der Waals surface area contributed by atoms with Gasteiger partial charge in [0.05, 0.1) is 6.42 Å². The third-order valence-electron chi connectivity index (χ3n) is 2.59. The smallest absolute Gasteiger partial charge is 0.305 e. The second-order valence-corrected chi connectivity index (χ2v) is 4.54. The normalized spacial score (nSPS) is 10.2. The van der Waals surface area contributed by atoms with E-state index in [-0.39, 0.29) is 12.8 Å². The molecule has 0 aromatic heterocycles. The van der Waals surface area contributed by atoms with Gasteiger partial charge in [0.25, 0.3) is 0 Å². The Bertz CT molecular complexity index is 450. The van der Waals surface area contributed by atoms with E-state index < -0.39 is 11.9 Å². The summed E-state index contributed by atoms with van der Waals surface area (Å²) in [6, 6.07) is 7.08. The Morgan fingerprint density at radius 2 is 1.79 bits per heavy atom. The van der Waals surface area contributed by atoms with Gasteiger partial charge in [-0.25, -0.2) is 0 Å². The minimum Gasteiger partial charge on any atom is -0.481 e. The standard InChI is InChI=1S/C13H16ClNO4/c14-10-3-1-4-11(9-10)15(8-6-13(18)19)7-2-5-12(16)17/h1,3-4,9H,2,5-8H2,(H,16,17)(H,18,19). The fourth-order valence-electron chi connectivity index (χ4n) is 1.69. The van der Waals surface area contributed by atoms with Gasteiger partial charge in [0.2, 0.25) is 0 Å². The van der Waals surface area contributed by atoms with Crippen LogP contribution in [0.4, 0.5) is 5.69 Å². The van der Waals surface area contributed by atoms with E-state index in [1.165, 1.54) is 0 Å². The molecule has 0 fully saturated rings. The van der Waals surface area contributed by atoms with Crippen molar-refractivity contribution in [3.05, 3.63) is 29.3 Å². The van der Waals surface area contributed by atoms with Crippen molar-refractivity contribution in [3.8, 4) is 0 Å². The molecular formula is C13H16ClNO4. The maximum absolute atomic E-state index is 10.6. The topological polar surface area (TPSA) is 77.8 Å². The molecule has 5 nitrogen and oxygen atoms in total. The fraction of sp³-hybridized carbons (Fsp3) is 0.385. The predicted octanol–water partition coefficient (Wildman–Crippen LogP) is 2.49. The third-order valence-corrected chi connectivity index (χ3v) is 2.82. The Hall–Kier alpha value is -1.75. The Kier molecular flexibility index (Phi) is 6.15. The van der Waals surface area contributed by atoms with Crippen LogP contribution in [0.25, 0.3) is 0 Å². The van der Waals surface area contributed by atoms with Crippen molar-refractivity contribution in [2.45, 2.75) is 19.3 Å². The van der Waals surface area contributed by atoms with Gasteiger partial charge in [0.15, 0.2) is 0 Å². The Labute approximate surface area is 116 Å². The van der Waals surface area contributed by atoms with Gasteiger partial charge in [-0.05, 0) is 24.6 Å². The fourth-order valence-corrected chi connectivity index (χ4v) is 1.88. The van der Waals surface area contributed by atoms with Gasteiger partial charge in [0, 0.05) is 30.2 Å². The molecule has 1 aromatic carbocycles. The molecule has 0 aliphatic heterocycles. The molecule has 0 aliphatic rings. The molecule has 0 saturated carbocycles. The highest BCUT2D eigenvalue weighted by Crippen LogP contribution is 2.20. The van der Waals surface area contributed by atoms with Crippen molar-refractivity contribution in [3.63, 3.8) is 0 Å². The lowest BCUT2D eigenvalue weighted by atomic mass is 10.2. The lowest BCUT2D eigenvalue weighted by Crippen LogP contribution is -2.27. The molecule has 0 spiro atoms. The molecule has 104 valence electrons. The number of halogens is 1. The van der Waals surface area contributed by atoms with Crippen LogP contribution in [0, 0.1) is 0 Å². The van der Waals surface area contributed by atoms with Gasteiger partial charge in [-0.3, -0.25) is 9.59 Å². The highest BCUT2D eigenvalue weighted by atomic mass is 35.5. The average molecular weight is 286 g/mol. The largest absolute Gasteiger partial charge is 0.481 e. The number of carbonyl (C=O) groups is 2. The van der Waals surface area contributed by atoms with Crippen molar-refractivity contribution >= 4 is 29.2 Å². The number of hydrogen-bond donors (Lipinski definition) is 2. The summed E-state index contributed by atoms with van der Waals surface area (Å²) in [5.41, 5.74) is 0.805. The quantitative estimate of drug-likeness (QED) is 0.767. The number of carboxylic acids is 2. The van der Waals surface area contributed by atoms with Crippen LogP contribution in [0.5, 0.6) is 0 Å². The molecule has 19 heavy (non-hydrogen) atoms. The molecule has 0 radical (unpaired) electrons. The summed E-state index contributed by atoms with van der Waals surface area (Å²) in [6.07, 6.45) is 0.519. The monoisotopic (exact) mass is 285 g/mol. The summed E-state index contributed by atoms with van der Waals surface area (Å²) in [5.74, 6) is -1.74. The number of aliphatic carboxylic acids is 2. The van der Waals surface area contributed by atoms with Crippen LogP contribution >= 0.6 is 11.6 Å². The summed E-state index contributed by atoms with van der Waals surface area (Å²) in [6.45, 7) is 0.815. The number of rotatable bonds is 8. The second-order valence-electron chi connectivity index (χ2n) is 4.11. The summed E-state index contributed by atoms with van der Waals surface area (Å²) >= 11 is 5.90. The van der Waals surface area contributed by atoms with E-state index in [4.69, 9.17) is 21.8 Å². The van der Waals surface area contributed by atoms with Crippen LogP contribution in [0.2, 0.25) is 5.02 Å².